The van der Waals surface area contributed by atoms with E-state index in [1.54, 1.807) is 0 Å². The van der Waals surface area contributed by atoms with Gasteiger partial charge in [0.2, 0.25) is 5.91 Å². The number of methoxy groups -OCH3 is 1. The highest BCUT2D eigenvalue weighted by Crippen LogP contribution is 2.68. The Balaban J connectivity index is 1.33. The van der Waals surface area contributed by atoms with Crippen LogP contribution in [0.5, 0.6) is 0 Å². The molecule has 7 N–H and O–H groups in total. The van der Waals surface area contributed by atoms with Gasteiger partial charge in [-0.1, -0.05) is 20.8 Å². The van der Waals surface area contributed by atoms with Crippen molar-refractivity contribution < 1.29 is 40.2 Å². The topological polar surface area (TPSA) is 160 Å². The minimum absolute atomic E-state index is 0.172. The summed E-state index contributed by atoms with van der Waals surface area (Å²) in [5.74, 6) is 3.01. The maximum Gasteiger partial charge on any atom is 0.220 e. The number of fused-ring (bicyclic) bond motifs is 5. The Morgan fingerprint density at radius 1 is 0.950 bits per heavy atom. The number of ether oxygens (including phenoxy) is 1. The highest BCUT2D eigenvalue weighted by Gasteiger charge is 2.63. The van der Waals surface area contributed by atoms with E-state index in [4.69, 9.17) is 9.84 Å². The molecule has 1 amide bonds. The summed E-state index contributed by atoms with van der Waals surface area (Å²) in [7, 11) is 1.87. The number of nitrogens with one attached hydrogen (secondary N) is 1. The molecule has 4 saturated carbocycles. The van der Waals surface area contributed by atoms with E-state index in [0.29, 0.717) is 41.9 Å². The third kappa shape index (κ3) is 5.99. The molecule has 4 fully saturated rings. The summed E-state index contributed by atoms with van der Waals surface area (Å²) in [6.45, 7) is 6.25. The quantitative estimate of drug-likeness (QED) is 0.198. The fourth-order valence-electron chi connectivity index (χ4n) is 9.95. The number of hydrogen-bond donors (Lipinski definition) is 7. The molecule has 0 heterocycles. The summed E-state index contributed by atoms with van der Waals surface area (Å²) in [6, 6.07) is 0. The number of carbonyl (C=O) groups is 1. The van der Waals surface area contributed by atoms with Crippen LogP contribution < -0.4 is 5.32 Å². The maximum atomic E-state index is 12.6. The number of rotatable bonds is 11. The van der Waals surface area contributed by atoms with E-state index >= 15 is 0 Å². The molecule has 232 valence electrons. The van der Waals surface area contributed by atoms with Crippen LogP contribution >= 0.6 is 0 Å². The first-order valence-corrected chi connectivity index (χ1v) is 15.7. The van der Waals surface area contributed by atoms with Crippen LogP contribution in [0.4, 0.5) is 0 Å². The monoisotopic (exact) mass is 569 g/mol. The molecule has 0 aliphatic heterocycles. The summed E-state index contributed by atoms with van der Waals surface area (Å²) in [5.41, 5.74) is 0.502. The molecule has 0 radical (unpaired) electrons. The van der Waals surface area contributed by atoms with Crippen LogP contribution in [0.15, 0.2) is 0 Å². The Kier molecular flexibility index (Phi) is 10.3. The second kappa shape index (κ2) is 12.8. The van der Waals surface area contributed by atoms with E-state index in [0.717, 1.165) is 32.1 Å². The molecule has 4 rings (SSSR count). The lowest BCUT2D eigenvalue weighted by Gasteiger charge is -2.63. The minimum atomic E-state index is -1.71. The van der Waals surface area contributed by atoms with Crippen molar-refractivity contribution in [3.05, 3.63) is 0 Å². The highest BCUT2D eigenvalue weighted by atomic mass is 16.5. The molecule has 0 bridgehead atoms. The Labute approximate surface area is 239 Å². The number of hydrogen-bond acceptors (Lipinski definition) is 8. The second-order valence-corrected chi connectivity index (χ2v) is 14.3. The first-order chi connectivity index (χ1) is 18.9. The van der Waals surface area contributed by atoms with Crippen LogP contribution in [-0.4, -0.2) is 93.4 Å². The van der Waals surface area contributed by atoms with Gasteiger partial charge in [0.25, 0.3) is 0 Å². The summed E-state index contributed by atoms with van der Waals surface area (Å²) in [4.78, 5) is 12.6. The summed E-state index contributed by atoms with van der Waals surface area (Å²) < 4.78 is 6.20. The summed E-state index contributed by atoms with van der Waals surface area (Å²) in [5, 5.41) is 61.3. The van der Waals surface area contributed by atoms with Gasteiger partial charge in [-0.2, -0.15) is 0 Å². The predicted molar refractivity (Wildman–Crippen MR) is 150 cm³/mol. The van der Waals surface area contributed by atoms with E-state index in [2.05, 4.69) is 26.1 Å². The zero-order valence-electron chi connectivity index (χ0n) is 24.9. The average Bonchev–Trinajstić information content (AvgIpc) is 3.30. The SMILES string of the molecule is CO[C@@H]1C[C@@H]2C[C@H](O)CC[C@]2(C)[C@H]2CC[C@]3(C)[C@@H](C(C)CCC(=O)NCC(O)C(O)C(O)C(O)CO)CC[C@H]3[C@H]12. The first-order valence-electron chi connectivity index (χ1n) is 15.7. The molecule has 4 aliphatic rings. The predicted octanol–water partition coefficient (Wildman–Crippen LogP) is 1.60. The summed E-state index contributed by atoms with van der Waals surface area (Å²) >= 11 is 0. The van der Waals surface area contributed by atoms with Gasteiger partial charge in [-0.3, -0.25) is 4.79 Å². The van der Waals surface area contributed by atoms with Gasteiger partial charge in [0.1, 0.15) is 18.3 Å². The van der Waals surface area contributed by atoms with Gasteiger partial charge >= 0.3 is 0 Å². The van der Waals surface area contributed by atoms with Gasteiger partial charge < -0.3 is 40.7 Å². The van der Waals surface area contributed by atoms with Gasteiger partial charge in [-0.25, -0.2) is 0 Å². The molecule has 0 saturated heterocycles. The largest absolute Gasteiger partial charge is 0.394 e. The molecule has 40 heavy (non-hydrogen) atoms. The van der Waals surface area contributed by atoms with Gasteiger partial charge in [0, 0.05) is 20.1 Å². The van der Waals surface area contributed by atoms with E-state index < -0.39 is 31.0 Å². The van der Waals surface area contributed by atoms with Gasteiger partial charge in [-0.05, 0) is 104 Å². The van der Waals surface area contributed by atoms with Crippen molar-refractivity contribution in [2.45, 2.75) is 122 Å². The molecular formula is C31H55NO8. The van der Waals surface area contributed by atoms with E-state index in [-0.39, 0.29) is 35.5 Å². The Morgan fingerprint density at radius 3 is 2.27 bits per heavy atom. The van der Waals surface area contributed by atoms with Crippen LogP contribution in [0.1, 0.15) is 85.0 Å². The van der Waals surface area contributed by atoms with Crippen LogP contribution in [0, 0.1) is 46.3 Å². The standard InChI is InChI=1S/C31H55NO8/c1-17(5-8-26(37)32-15-23(35)28(38)29(39)24(36)16-33)20-6-7-21-27-22(10-12-31(20,21)3)30(2)11-9-19(34)13-18(30)14-25(27)40-4/h17-25,27-29,33-36,38-39H,5-16H2,1-4H3,(H,32,37)/t17?,18-,19+,20+,21-,22-,23?,24?,25+,27-,28?,29?,30-,31+/m0/s1. The van der Waals surface area contributed by atoms with E-state index in [9.17, 15) is 30.3 Å². The van der Waals surface area contributed by atoms with Crippen LogP contribution in [0.25, 0.3) is 0 Å². The Bertz CT molecular complexity index is 859. The van der Waals surface area contributed by atoms with Crippen LogP contribution in [0.3, 0.4) is 0 Å². The fourth-order valence-corrected chi connectivity index (χ4v) is 9.95. The van der Waals surface area contributed by atoms with Gasteiger partial charge in [-0.15, -0.1) is 0 Å². The van der Waals surface area contributed by atoms with Crippen molar-refractivity contribution in [2.24, 2.45) is 46.3 Å². The molecular weight excluding hydrogens is 514 g/mol. The van der Waals surface area contributed by atoms with Crippen LogP contribution in [-0.2, 0) is 9.53 Å². The zero-order valence-corrected chi connectivity index (χ0v) is 24.9. The van der Waals surface area contributed by atoms with Gasteiger partial charge in [0.05, 0.1) is 24.9 Å². The van der Waals surface area contributed by atoms with Crippen molar-refractivity contribution in [1.82, 2.24) is 5.32 Å². The summed E-state index contributed by atoms with van der Waals surface area (Å²) in [6.07, 6.45) is 3.48. The number of carbonyl (C=O) groups excluding carboxylic acids is 1. The molecule has 9 heteroatoms. The lowest BCUT2D eigenvalue weighted by Crippen LogP contribution is -2.59. The van der Waals surface area contributed by atoms with E-state index in [1.165, 1.54) is 25.7 Å². The zero-order chi connectivity index (χ0) is 29.4. The van der Waals surface area contributed by atoms with Crippen LogP contribution in [0.2, 0.25) is 0 Å². The number of aliphatic hydroxyl groups is 6. The highest BCUT2D eigenvalue weighted by molar-refractivity contribution is 5.75. The van der Waals surface area contributed by atoms with Crippen molar-refractivity contribution in [3.8, 4) is 0 Å². The molecule has 4 aliphatic carbocycles. The lowest BCUT2D eigenvalue weighted by atomic mass is 9.43. The Hall–Kier alpha value is -0.810. The minimum Gasteiger partial charge on any atom is -0.394 e. The van der Waals surface area contributed by atoms with Crippen molar-refractivity contribution in [3.63, 3.8) is 0 Å². The smallest absolute Gasteiger partial charge is 0.220 e. The molecule has 5 unspecified atom stereocenters. The third-order valence-electron chi connectivity index (χ3n) is 12.4. The molecule has 0 aromatic rings. The number of amides is 1. The first kappa shape index (κ1) is 32.1. The lowest BCUT2D eigenvalue weighted by molar-refractivity contribution is -0.181. The normalized spacial score (nSPS) is 43.0. The molecule has 0 aromatic carbocycles. The van der Waals surface area contributed by atoms with Crippen molar-refractivity contribution in [2.75, 3.05) is 20.3 Å². The van der Waals surface area contributed by atoms with Crippen molar-refractivity contribution in [1.29, 1.82) is 0 Å². The average molecular weight is 570 g/mol. The molecule has 14 atom stereocenters. The molecule has 9 nitrogen and oxygen atoms in total. The van der Waals surface area contributed by atoms with Crippen molar-refractivity contribution >= 4 is 5.91 Å². The molecule has 0 spiro atoms. The third-order valence-corrected chi connectivity index (χ3v) is 12.4. The fraction of sp³-hybridized carbons (Fsp3) is 0.968. The van der Waals surface area contributed by atoms with E-state index in [1.807, 2.05) is 7.11 Å². The Morgan fingerprint density at radius 2 is 1.60 bits per heavy atom. The number of aliphatic hydroxyl groups excluding tert-OH is 6. The van der Waals surface area contributed by atoms with Gasteiger partial charge in [0.15, 0.2) is 0 Å². The maximum absolute atomic E-state index is 12.6. The molecule has 0 aromatic heterocycles. The second-order valence-electron chi connectivity index (χ2n) is 14.3.